The summed E-state index contributed by atoms with van der Waals surface area (Å²) in [6.07, 6.45) is 0. The topological polar surface area (TPSA) is 67.8 Å². The van der Waals surface area contributed by atoms with Gasteiger partial charge < -0.3 is 14.4 Å². The Morgan fingerprint density at radius 1 is 1.44 bits per heavy atom. The quantitative estimate of drug-likeness (QED) is 0.722. The van der Waals surface area contributed by atoms with Crippen molar-refractivity contribution in [1.29, 1.82) is 0 Å². The molecule has 0 aliphatic rings. The van der Waals surface area contributed by atoms with Gasteiger partial charge in [0.15, 0.2) is 0 Å². The third kappa shape index (κ3) is 4.61. The lowest BCUT2D eigenvalue weighted by atomic mass is 10.2. The number of rotatable bonds is 7. The number of hydrogen-bond acceptors (Lipinski definition) is 5. The Hall–Kier alpha value is -1.16. The second kappa shape index (κ2) is 8.03. The Morgan fingerprint density at radius 2 is 2.11 bits per heavy atom. The highest BCUT2D eigenvalue weighted by Gasteiger charge is 2.17. The van der Waals surface area contributed by atoms with Gasteiger partial charge in [-0.15, -0.1) is 0 Å². The van der Waals surface area contributed by atoms with Gasteiger partial charge in [-0.25, -0.2) is 0 Å². The van der Waals surface area contributed by atoms with Crippen LogP contribution in [-0.2, 0) is 15.9 Å². The minimum Gasteiger partial charge on any atom is -0.497 e. The Balaban J connectivity index is 2.48. The van der Waals surface area contributed by atoms with Crippen LogP contribution < -0.4 is 10.1 Å². The van der Waals surface area contributed by atoms with Crippen molar-refractivity contribution in [2.24, 2.45) is 0 Å². The van der Waals surface area contributed by atoms with Crippen LogP contribution in [0.15, 0.2) is 24.3 Å². The van der Waals surface area contributed by atoms with Crippen LogP contribution >= 0.6 is 8.81 Å². The molecule has 1 aromatic carbocycles. The minimum absolute atomic E-state index is 0.0859. The van der Waals surface area contributed by atoms with E-state index in [0.717, 1.165) is 11.3 Å². The number of benzene rings is 1. The third-order valence-electron chi connectivity index (χ3n) is 2.38. The molecule has 0 aliphatic carbocycles. The summed E-state index contributed by atoms with van der Waals surface area (Å²) in [5, 5.41) is 12.0. The molecule has 0 saturated carbocycles. The van der Waals surface area contributed by atoms with Crippen molar-refractivity contribution < 1.29 is 19.2 Å². The molecular weight excluding hydrogens is 253 g/mol. The van der Waals surface area contributed by atoms with E-state index >= 15 is 0 Å². The van der Waals surface area contributed by atoms with Gasteiger partial charge in [0.2, 0.25) is 0 Å². The van der Waals surface area contributed by atoms with Crippen LogP contribution in [0.2, 0.25) is 0 Å². The summed E-state index contributed by atoms with van der Waals surface area (Å²) in [6.45, 7) is 1.96. The molecule has 0 fully saturated rings. The smallest absolute Gasteiger partial charge is 0.327 e. The normalized spacial score (nSPS) is 12.6. The highest BCUT2D eigenvalue weighted by molar-refractivity contribution is 7.31. The first-order valence-electron chi connectivity index (χ1n) is 5.56. The molecule has 2 atom stereocenters. The summed E-state index contributed by atoms with van der Waals surface area (Å²) in [5.41, 5.74) is 1.00. The van der Waals surface area contributed by atoms with Gasteiger partial charge in [-0.2, -0.15) is 0 Å². The summed E-state index contributed by atoms with van der Waals surface area (Å²) in [5.74, 6) is 0.357. The predicted molar refractivity (Wildman–Crippen MR) is 71.0 cm³/mol. The zero-order valence-electron chi connectivity index (χ0n) is 10.5. The van der Waals surface area contributed by atoms with Crippen LogP contribution in [-0.4, -0.2) is 37.5 Å². The molecule has 0 aliphatic heterocycles. The summed E-state index contributed by atoms with van der Waals surface area (Å²) >= 11 is 0. The van der Waals surface area contributed by atoms with Crippen molar-refractivity contribution in [2.75, 3.05) is 20.4 Å². The van der Waals surface area contributed by atoms with Crippen molar-refractivity contribution in [3.05, 3.63) is 29.8 Å². The van der Waals surface area contributed by atoms with Gasteiger partial charge in [0.25, 0.3) is 0 Å². The zero-order chi connectivity index (χ0) is 13.4. The highest BCUT2D eigenvalue weighted by Crippen LogP contribution is 2.11. The molecule has 0 aromatic heterocycles. The second-order valence-electron chi connectivity index (χ2n) is 3.59. The lowest BCUT2D eigenvalue weighted by molar-refractivity contribution is -0.136. The number of methoxy groups -OCH3 is 1. The fourth-order valence-corrected chi connectivity index (χ4v) is 1.72. The standard InChI is InChI=1S/C12H18NO4P/c1-16-10-5-3-9(4-6-10)7-13-11(8-14)12(15)17-18-2/h3-6,11,13-14,18H,7-8H2,1-2H3. The van der Waals surface area contributed by atoms with E-state index in [1.807, 2.05) is 24.3 Å². The van der Waals surface area contributed by atoms with Crippen LogP contribution in [0.25, 0.3) is 0 Å². The molecule has 18 heavy (non-hydrogen) atoms. The van der Waals surface area contributed by atoms with E-state index in [-0.39, 0.29) is 15.4 Å². The second-order valence-corrected chi connectivity index (χ2v) is 4.20. The molecule has 0 heterocycles. The van der Waals surface area contributed by atoms with Crippen LogP contribution in [0.1, 0.15) is 5.56 Å². The number of carbonyl (C=O) groups is 1. The Labute approximate surface area is 108 Å². The molecule has 2 N–H and O–H groups in total. The first-order chi connectivity index (χ1) is 8.71. The molecule has 5 nitrogen and oxygen atoms in total. The van der Waals surface area contributed by atoms with E-state index in [4.69, 9.17) is 14.4 Å². The summed E-state index contributed by atoms with van der Waals surface area (Å²) in [6, 6.07) is 6.80. The van der Waals surface area contributed by atoms with E-state index in [1.165, 1.54) is 0 Å². The van der Waals surface area contributed by atoms with E-state index in [0.29, 0.717) is 6.54 Å². The lowest BCUT2D eigenvalue weighted by Crippen LogP contribution is -2.39. The van der Waals surface area contributed by atoms with Gasteiger partial charge in [0, 0.05) is 6.54 Å². The molecule has 0 radical (unpaired) electrons. The van der Waals surface area contributed by atoms with Crippen LogP contribution in [0, 0.1) is 0 Å². The molecule has 6 heteroatoms. The maximum absolute atomic E-state index is 11.4. The Bertz CT molecular complexity index is 369. The SMILES string of the molecule is COc1ccc(CNC(CO)C(=O)OPC)cc1. The lowest BCUT2D eigenvalue weighted by Gasteiger charge is -2.14. The molecule has 0 amide bonds. The van der Waals surface area contributed by atoms with Gasteiger partial charge in [-0.3, -0.25) is 10.1 Å². The van der Waals surface area contributed by atoms with Crippen LogP contribution in [0.4, 0.5) is 0 Å². The van der Waals surface area contributed by atoms with Crippen molar-refractivity contribution in [3.8, 4) is 5.75 Å². The first-order valence-corrected chi connectivity index (χ1v) is 6.96. The van der Waals surface area contributed by atoms with Crippen molar-refractivity contribution in [2.45, 2.75) is 12.6 Å². The van der Waals surface area contributed by atoms with Crippen molar-refractivity contribution in [3.63, 3.8) is 0 Å². The molecule has 1 aromatic rings. The molecule has 1 rings (SSSR count). The van der Waals surface area contributed by atoms with E-state index < -0.39 is 12.0 Å². The molecule has 0 saturated heterocycles. The van der Waals surface area contributed by atoms with Gasteiger partial charge in [0.05, 0.1) is 22.5 Å². The fourth-order valence-electron chi connectivity index (χ4n) is 1.38. The largest absolute Gasteiger partial charge is 0.497 e. The summed E-state index contributed by atoms with van der Waals surface area (Å²) in [7, 11) is 1.69. The molecule has 0 bridgehead atoms. The molecule has 0 spiro atoms. The van der Waals surface area contributed by atoms with E-state index in [2.05, 4.69) is 5.32 Å². The minimum atomic E-state index is -0.681. The number of hydrogen-bond donors (Lipinski definition) is 2. The number of aliphatic hydroxyl groups excluding tert-OH is 1. The number of nitrogens with one attached hydrogen (secondary N) is 1. The van der Waals surface area contributed by atoms with Crippen molar-refractivity contribution in [1.82, 2.24) is 5.32 Å². The van der Waals surface area contributed by atoms with Crippen molar-refractivity contribution >= 4 is 14.8 Å². The summed E-state index contributed by atoms with van der Waals surface area (Å²) in [4.78, 5) is 11.4. The maximum atomic E-state index is 11.4. The predicted octanol–water partition coefficient (Wildman–Crippen LogP) is 0.912. The van der Waals surface area contributed by atoms with E-state index in [1.54, 1.807) is 13.8 Å². The first kappa shape index (κ1) is 14.9. The van der Waals surface area contributed by atoms with Gasteiger partial charge >= 0.3 is 5.97 Å². The van der Waals surface area contributed by atoms with Gasteiger partial charge in [-0.1, -0.05) is 12.1 Å². The Morgan fingerprint density at radius 3 is 2.61 bits per heavy atom. The van der Waals surface area contributed by atoms with Gasteiger partial charge in [-0.05, 0) is 24.4 Å². The molecular formula is C12H18NO4P. The Kier molecular flexibility index (Phi) is 6.65. The third-order valence-corrected chi connectivity index (χ3v) is 2.79. The maximum Gasteiger partial charge on any atom is 0.327 e. The van der Waals surface area contributed by atoms with Gasteiger partial charge in [0.1, 0.15) is 11.8 Å². The average Bonchev–Trinajstić information content (AvgIpc) is 2.40. The monoisotopic (exact) mass is 271 g/mol. The molecule has 2 unspecified atom stereocenters. The van der Waals surface area contributed by atoms with Crippen LogP contribution in [0.5, 0.6) is 5.75 Å². The fraction of sp³-hybridized carbons (Fsp3) is 0.417. The number of aliphatic hydroxyl groups is 1. The number of ether oxygens (including phenoxy) is 1. The highest BCUT2D eigenvalue weighted by atomic mass is 31.1. The summed E-state index contributed by atoms with van der Waals surface area (Å²) < 4.78 is 9.92. The average molecular weight is 271 g/mol. The zero-order valence-corrected chi connectivity index (χ0v) is 11.5. The van der Waals surface area contributed by atoms with E-state index in [9.17, 15) is 4.79 Å². The molecule has 100 valence electrons. The van der Waals surface area contributed by atoms with Crippen LogP contribution in [0.3, 0.4) is 0 Å². The number of carbonyl (C=O) groups excluding carboxylic acids is 1.